The molecule has 7 heteroatoms. The van der Waals surface area contributed by atoms with E-state index in [0.29, 0.717) is 4.47 Å². The Hall–Kier alpha value is -0.690. The highest BCUT2D eigenvalue weighted by Gasteiger charge is 2.32. The van der Waals surface area contributed by atoms with E-state index in [4.69, 9.17) is 5.11 Å². The molecule has 0 aliphatic carbocycles. The van der Waals surface area contributed by atoms with Crippen molar-refractivity contribution in [1.29, 1.82) is 0 Å². The second kappa shape index (κ2) is 4.22. The van der Waals surface area contributed by atoms with Crippen LogP contribution in [0, 0.1) is 0 Å². The van der Waals surface area contributed by atoms with E-state index in [0.717, 1.165) is 0 Å². The lowest BCUT2D eigenvalue weighted by Gasteiger charge is -2.11. The van der Waals surface area contributed by atoms with Crippen LogP contribution in [0.5, 0.6) is 0 Å². The van der Waals surface area contributed by atoms with Crippen molar-refractivity contribution < 1.29 is 18.3 Å². The number of aliphatic hydroxyl groups is 1. The van der Waals surface area contributed by atoms with Crippen LogP contribution in [-0.2, 0) is 0 Å². The van der Waals surface area contributed by atoms with Crippen molar-refractivity contribution in [1.82, 2.24) is 9.97 Å². The Labute approximate surface area is 86.1 Å². The number of hydrogen-bond acceptors (Lipinski definition) is 3. The van der Waals surface area contributed by atoms with Gasteiger partial charge in [-0.05, 0) is 15.9 Å². The second-order valence-electron chi connectivity index (χ2n) is 2.59. The molecule has 0 saturated carbocycles. The van der Waals surface area contributed by atoms with Gasteiger partial charge in [0.2, 0.25) is 0 Å². The van der Waals surface area contributed by atoms with Crippen molar-refractivity contribution in [2.75, 3.05) is 0 Å². The third kappa shape index (κ3) is 3.59. The lowest BCUT2D eigenvalue weighted by atomic mass is 10.2. The average molecular weight is 271 g/mol. The normalized spacial score (nSPS) is 14.1. The van der Waals surface area contributed by atoms with Gasteiger partial charge in [-0.1, -0.05) is 0 Å². The second-order valence-corrected chi connectivity index (χ2v) is 3.51. The molecule has 0 aromatic carbocycles. The monoisotopic (exact) mass is 270 g/mol. The molecule has 1 unspecified atom stereocenters. The van der Waals surface area contributed by atoms with Crippen LogP contribution >= 0.6 is 15.9 Å². The fourth-order valence-electron chi connectivity index (χ4n) is 0.805. The third-order valence-corrected chi connectivity index (χ3v) is 1.77. The van der Waals surface area contributed by atoms with Crippen molar-refractivity contribution in [3.8, 4) is 0 Å². The smallest absolute Gasteiger partial charge is 0.385 e. The number of aromatic nitrogens is 2. The molecule has 1 heterocycles. The molecule has 1 atom stereocenters. The lowest BCUT2D eigenvalue weighted by Crippen LogP contribution is -2.15. The van der Waals surface area contributed by atoms with Crippen molar-refractivity contribution >= 4 is 15.9 Å². The molecule has 0 aliphatic heterocycles. The molecule has 3 nitrogen and oxygen atoms in total. The predicted molar refractivity (Wildman–Crippen MR) is 45.4 cm³/mol. The van der Waals surface area contributed by atoms with Crippen molar-refractivity contribution in [2.24, 2.45) is 0 Å². The highest BCUT2D eigenvalue weighted by molar-refractivity contribution is 9.10. The largest absolute Gasteiger partial charge is 0.392 e. The van der Waals surface area contributed by atoms with E-state index in [1.165, 1.54) is 12.4 Å². The van der Waals surface area contributed by atoms with Gasteiger partial charge in [-0.25, -0.2) is 9.97 Å². The van der Waals surface area contributed by atoms with Gasteiger partial charge in [0.15, 0.2) is 5.82 Å². The zero-order chi connectivity index (χ0) is 10.8. The van der Waals surface area contributed by atoms with Crippen LogP contribution in [0.25, 0.3) is 0 Å². The summed E-state index contributed by atoms with van der Waals surface area (Å²) < 4.78 is 36.1. The van der Waals surface area contributed by atoms with E-state index in [9.17, 15) is 13.2 Å². The van der Waals surface area contributed by atoms with Gasteiger partial charge in [0, 0.05) is 12.4 Å². The number of hydrogen-bond donors (Lipinski definition) is 1. The molecular formula is C7H6BrF3N2O. The van der Waals surface area contributed by atoms with Crippen LogP contribution in [-0.4, -0.2) is 21.3 Å². The summed E-state index contributed by atoms with van der Waals surface area (Å²) in [6, 6.07) is 0. The molecule has 1 aromatic rings. The molecule has 0 aliphatic rings. The van der Waals surface area contributed by atoms with Gasteiger partial charge in [0.1, 0.15) is 6.10 Å². The first-order valence-electron chi connectivity index (χ1n) is 3.61. The number of halogens is 4. The van der Waals surface area contributed by atoms with E-state index in [-0.39, 0.29) is 5.82 Å². The summed E-state index contributed by atoms with van der Waals surface area (Å²) in [6.07, 6.45) is -4.91. The van der Waals surface area contributed by atoms with Gasteiger partial charge in [0.05, 0.1) is 10.9 Å². The minimum atomic E-state index is -4.42. The van der Waals surface area contributed by atoms with Crippen LogP contribution in [0.3, 0.4) is 0 Å². The van der Waals surface area contributed by atoms with Gasteiger partial charge < -0.3 is 5.11 Å². The van der Waals surface area contributed by atoms with Gasteiger partial charge >= 0.3 is 6.18 Å². The quantitative estimate of drug-likeness (QED) is 0.897. The molecule has 0 bridgehead atoms. The third-order valence-electron chi connectivity index (χ3n) is 1.36. The van der Waals surface area contributed by atoms with E-state index in [1.54, 1.807) is 0 Å². The van der Waals surface area contributed by atoms with E-state index in [1.807, 2.05) is 0 Å². The standard InChI is InChI=1S/C7H6BrF3N2O/c8-4-2-12-6(13-3-4)5(14)1-7(9,10)11/h2-3,5,14H,1H2. The summed E-state index contributed by atoms with van der Waals surface area (Å²) in [5.74, 6) is -0.231. The Balaban J connectivity index is 2.70. The summed E-state index contributed by atoms with van der Waals surface area (Å²) in [5.41, 5.74) is 0. The van der Waals surface area contributed by atoms with E-state index in [2.05, 4.69) is 25.9 Å². The molecule has 0 fully saturated rings. The summed E-state index contributed by atoms with van der Waals surface area (Å²) in [6.45, 7) is 0. The zero-order valence-electron chi connectivity index (χ0n) is 6.79. The average Bonchev–Trinajstić information content (AvgIpc) is 2.02. The summed E-state index contributed by atoms with van der Waals surface area (Å²) >= 11 is 3.03. The Morgan fingerprint density at radius 3 is 2.29 bits per heavy atom. The minimum Gasteiger partial charge on any atom is -0.385 e. The molecule has 1 aromatic heterocycles. The molecule has 1 N–H and O–H groups in total. The maximum Gasteiger partial charge on any atom is 0.392 e. The Morgan fingerprint density at radius 1 is 1.36 bits per heavy atom. The molecular weight excluding hydrogens is 265 g/mol. The molecule has 1 rings (SSSR count). The van der Waals surface area contributed by atoms with Crippen LogP contribution in [0.2, 0.25) is 0 Å². The Kier molecular flexibility index (Phi) is 3.43. The fraction of sp³-hybridized carbons (Fsp3) is 0.429. The topological polar surface area (TPSA) is 46.0 Å². The Morgan fingerprint density at radius 2 is 1.86 bits per heavy atom. The van der Waals surface area contributed by atoms with Crippen LogP contribution in [0.1, 0.15) is 18.3 Å². The molecule has 0 amide bonds. The molecule has 78 valence electrons. The van der Waals surface area contributed by atoms with Crippen molar-refractivity contribution in [2.45, 2.75) is 18.7 Å². The number of nitrogens with zero attached hydrogens (tertiary/aromatic N) is 2. The molecule has 0 spiro atoms. The Bertz CT molecular complexity index is 301. The molecule has 0 radical (unpaired) electrons. The number of aliphatic hydroxyl groups excluding tert-OH is 1. The summed E-state index contributed by atoms with van der Waals surface area (Å²) in [5, 5.41) is 9.09. The van der Waals surface area contributed by atoms with Gasteiger partial charge in [0.25, 0.3) is 0 Å². The lowest BCUT2D eigenvalue weighted by molar-refractivity contribution is -0.155. The van der Waals surface area contributed by atoms with Gasteiger partial charge in [-0.2, -0.15) is 13.2 Å². The van der Waals surface area contributed by atoms with E-state index >= 15 is 0 Å². The predicted octanol–water partition coefficient (Wildman–Crippen LogP) is 2.22. The van der Waals surface area contributed by atoms with Crippen molar-refractivity contribution in [3.63, 3.8) is 0 Å². The number of alkyl halides is 3. The first-order chi connectivity index (χ1) is 6.38. The van der Waals surface area contributed by atoms with E-state index < -0.39 is 18.7 Å². The molecule has 0 saturated heterocycles. The number of rotatable bonds is 2. The minimum absolute atomic E-state index is 0.231. The first-order valence-corrected chi connectivity index (χ1v) is 4.40. The highest BCUT2D eigenvalue weighted by Crippen LogP contribution is 2.27. The first kappa shape index (κ1) is 11.4. The van der Waals surface area contributed by atoms with Crippen molar-refractivity contribution in [3.05, 3.63) is 22.7 Å². The molecule has 14 heavy (non-hydrogen) atoms. The highest BCUT2D eigenvalue weighted by atomic mass is 79.9. The van der Waals surface area contributed by atoms with Crippen LogP contribution in [0.4, 0.5) is 13.2 Å². The van der Waals surface area contributed by atoms with Gasteiger partial charge in [-0.15, -0.1) is 0 Å². The summed E-state index contributed by atoms with van der Waals surface area (Å²) in [7, 11) is 0. The fourth-order valence-corrected chi connectivity index (χ4v) is 1.01. The van der Waals surface area contributed by atoms with Crippen LogP contribution in [0.15, 0.2) is 16.9 Å². The maximum absolute atomic E-state index is 11.8. The van der Waals surface area contributed by atoms with Crippen LogP contribution < -0.4 is 0 Å². The summed E-state index contributed by atoms with van der Waals surface area (Å²) in [4.78, 5) is 7.11. The zero-order valence-corrected chi connectivity index (χ0v) is 8.38. The van der Waals surface area contributed by atoms with Gasteiger partial charge in [-0.3, -0.25) is 0 Å². The SMILES string of the molecule is OC(CC(F)(F)F)c1ncc(Br)cn1. The maximum atomic E-state index is 11.8.